The summed E-state index contributed by atoms with van der Waals surface area (Å²) in [6.45, 7) is 5.27. The van der Waals surface area contributed by atoms with Gasteiger partial charge in [0, 0.05) is 62.3 Å². The monoisotopic (exact) mass is 632 g/mol. The predicted octanol–water partition coefficient (Wildman–Crippen LogP) is 2.81. The minimum absolute atomic E-state index is 0.0608. The topological polar surface area (TPSA) is 136 Å². The van der Waals surface area contributed by atoms with Crippen molar-refractivity contribution in [1.29, 1.82) is 0 Å². The summed E-state index contributed by atoms with van der Waals surface area (Å²) in [6.07, 6.45) is 8.20. The molecule has 3 heterocycles. The SMILES string of the molecule is CCOc1nc(C2(NC(=O)c3cn(C)c(=O)n(C)c3=O)C=CC=C(c3ccccc3Cl)[C@@H]2C)ccc1CNCC1CCC(=O)N1. The summed E-state index contributed by atoms with van der Waals surface area (Å²) >= 11 is 6.63. The van der Waals surface area contributed by atoms with Gasteiger partial charge < -0.3 is 25.3 Å². The molecule has 0 saturated carbocycles. The van der Waals surface area contributed by atoms with E-state index < -0.39 is 28.6 Å². The summed E-state index contributed by atoms with van der Waals surface area (Å²) in [5, 5.41) is 10.0. The lowest BCUT2D eigenvalue weighted by molar-refractivity contribution is -0.119. The molecule has 1 fully saturated rings. The number of benzene rings is 1. The van der Waals surface area contributed by atoms with E-state index in [0.717, 1.165) is 27.7 Å². The van der Waals surface area contributed by atoms with Crippen molar-refractivity contribution in [2.75, 3.05) is 13.2 Å². The largest absolute Gasteiger partial charge is 0.478 e. The van der Waals surface area contributed by atoms with Gasteiger partial charge in [0.05, 0.1) is 12.3 Å². The smallest absolute Gasteiger partial charge is 0.330 e. The Morgan fingerprint density at radius 3 is 2.67 bits per heavy atom. The fraction of sp³-hybridized carbons (Fsp3) is 0.364. The Morgan fingerprint density at radius 2 is 1.96 bits per heavy atom. The minimum atomic E-state index is -1.23. The Morgan fingerprint density at radius 1 is 1.18 bits per heavy atom. The lowest BCUT2D eigenvalue weighted by Crippen LogP contribution is -2.52. The normalized spacial score (nSPS) is 20.9. The third kappa shape index (κ3) is 6.36. The highest BCUT2D eigenvalue weighted by Crippen LogP contribution is 2.44. The fourth-order valence-corrected chi connectivity index (χ4v) is 6.15. The molecule has 1 aromatic carbocycles. The number of aryl methyl sites for hydroxylation is 1. The average molecular weight is 633 g/mol. The summed E-state index contributed by atoms with van der Waals surface area (Å²) in [5.74, 6) is -0.600. The van der Waals surface area contributed by atoms with Crippen LogP contribution in [0.4, 0.5) is 0 Å². The number of aromatic nitrogens is 3. The lowest BCUT2D eigenvalue weighted by atomic mass is 9.72. The van der Waals surface area contributed by atoms with Gasteiger partial charge in [-0.3, -0.25) is 19.0 Å². The molecule has 0 radical (unpaired) electrons. The lowest BCUT2D eigenvalue weighted by Gasteiger charge is -2.40. The zero-order valence-corrected chi connectivity index (χ0v) is 26.5. The number of allylic oxidation sites excluding steroid dienone is 2. The molecule has 2 amide bonds. The van der Waals surface area contributed by atoms with Crippen LogP contribution in [0.2, 0.25) is 5.02 Å². The molecule has 0 bridgehead atoms. The van der Waals surface area contributed by atoms with Crippen LogP contribution in [0, 0.1) is 5.92 Å². The van der Waals surface area contributed by atoms with Crippen molar-refractivity contribution < 1.29 is 14.3 Å². The summed E-state index contributed by atoms with van der Waals surface area (Å²) in [5.41, 5.74) is 0.316. The first-order valence-electron chi connectivity index (χ1n) is 14.9. The van der Waals surface area contributed by atoms with Crippen molar-refractivity contribution >= 4 is 29.0 Å². The van der Waals surface area contributed by atoms with Crippen LogP contribution < -0.4 is 31.9 Å². The minimum Gasteiger partial charge on any atom is -0.478 e. The van der Waals surface area contributed by atoms with Crippen LogP contribution in [0.3, 0.4) is 0 Å². The summed E-state index contributed by atoms with van der Waals surface area (Å²) < 4.78 is 8.09. The Hall–Kier alpha value is -4.48. The van der Waals surface area contributed by atoms with Gasteiger partial charge in [-0.05, 0) is 36.6 Å². The second kappa shape index (κ2) is 13.3. The van der Waals surface area contributed by atoms with Crippen LogP contribution in [-0.2, 0) is 31.0 Å². The van der Waals surface area contributed by atoms with E-state index in [9.17, 15) is 19.2 Å². The van der Waals surface area contributed by atoms with Crippen molar-refractivity contribution in [2.24, 2.45) is 20.0 Å². The molecule has 2 unspecified atom stereocenters. The van der Waals surface area contributed by atoms with Crippen molar-refractivity contribution in [3.8, 4) is 5.88 Å². The molecule has 3 atom stereocenters. The van der Waals surface area contributed by atoms with E-state index in [1.54, 1.807) is 6.07 Å². The molecule has 3 N–H and O–H groups in total. The van der Waals surface area contributed by atoms with Gasteiger partial charge in [-0.1, -0.05) is 61.0 Å². The van der Waals surface area contributed by atoms with Crippen LogP contribution in [0.15, 0.2) is 70.4 Å². The van der Waals surface area contributed by atoms with Gasteiger partial charge in [0.25, 0.3) is 11.5 Å². The molecule has 1 aliphatic carbocycles. The first-order chi connectivity index (χ1) is 21.6. The number of halogens is 1. The maximum absolute atomic E-state index is 13.9. The van der Waals surface area contributed by atoms with Gasteiger partial charge in [-0.25, -0.2) is 9.78 Å². The zero-order valence-electron chi connectivity index (χ0n) is 25.7. The number of carbonyl (C=O) groups excluding carboxylic acids is 2. The maximum Gasteiger partial charge on any atom is 0.330 e. The second-order valence-electron chi connectivity index (χ2n) is 11.3. The number of hydrogen-bond donors (Lipinski definition) is 3. The Balaban J connectivity index is 1.55. The predicted molar refractivity (Wildman–Crippen MR) is 172 cm³/mol. The Kier molecular flexibility index (Phi) is 9.40. The molecule has 1 saturated heterocycles. The number of nitrogens with zero attached hydrogens (tertiary/aromatic N) is 3. The molecule has 11 nitrogen and oxygen atoms in total. The van der Waals surface area contributed by atoms with E-state index in [-0.39, 0.29) is 17.5 Å². The van der Waals surface area contributed by atoms with Crippen LogP contribution in [-0.4, -0.2) is 45.1 Å². The third-order valence-corrected chi connectivity index (χ3v) is 8.75. The van der Waals surface area contributed by atoms with Gasteiger partial charge in [-0.15, -0.1) is 0 Å². The highest BCUT2D eigenvalue weighted by Gasteiger charge is 2.43. The molecule has 2 aliphatic rings. The van der Waals surface area contributed by atoms with E-state index in [0.29, 0.717) is 42.7 Å². The zero-order chi connectivity index (χ0) is 32.3. The third-order valence-electron chi connectivity index (χ3n) is 8.42. The quantitative estimate of drug-likeness (QED) is 0.313. The molecule has 5 rings (SSSR count). The average Bonchev–Trinajstić information content (AvgIpc) is 3.44. The number of amides is 2. The van der Waals surface area contributed by atoms with Gasteiger partial charge >= 0.3 is 5.69 Å². The standard InChI is InChI=1S/C33H37ClN6O5/c1-5-45-30-21(17-35-18-22-13-15-28(41)36-22)12-14-27(37-30)33(38-29(42)25-19-39(3)32(44)40(4)31(25)43)16-8-10-23(20(33)2)24-9-6-7-11-26(24)34/h6-12,14,16,19-20,22,35H,5,13,15,17-18H2,1-4H3,(H,36,41)(H,38,42)/t20-,22?,33?/m0/s1. The summed E-state index contributed by atoms with van der Waals surface area (Å²) in [7, 11) is 2.82. The van der Waals surface area contributed by atoms with Crippen molar-refractivity contribution in [1.82, 2.24) is 30.1 Å². The highest BCUT2D eigenvalue weighted by molar-refractivity contribution is 6.32. The first kappa shape index (κ1) is 31.9. The van der Waals surface area contributed by atoms with Crippen molar-refractivity contribution in [3.05, 3.63) is 109 Å². The van der Waals surface area contributed by atoms with E-state index in [1.165, 1.54) is 24.9 Å². The molecule has 2 aromatic heterocycles. The second-order valence-corrected chi connectivity index (χ2v) is 11.7. The van der Waals surface area contributed by atoms with E-state index in [4.69, 9.17) is 21.3 Å². The molecule has 12 heteroatoms. The van der Waals surface area contributed by atoms with Gasteiger partial charge in [-0.2, -0.15) is 0 Å². The van der Waals surface area contributed by atoms with E-state index in [2.05, 4.69) is 16.0 Å². The molecular formula is C33H37ClN6O5. The van der Waals surface area contributed by atoms with Crippen LogP contribution in [0.5, 0.6) is 5.88 Å². The van der Waals surface area contributed by atoms with Gasteiger partial charge in [0.1, 0.15) is 11.1 Å². The summed E-state index contributed by atoms with van der Waals surface area (Å²) in [6, 6.07) is 11.3. The first-order valence-corrected chi connectivity index (χ1v) is 15.3. The molecule has 236 valence electrons. The number of pyridine rings is 1. The van der Waals surface area contributed by atoms with Crippen LogP contribution in [0.25, 0.3) is 5.57 Å². The van der Waals surface area contributed by atoms with Crippen molar-refractivity contribution in [2.45, 2.75) is 44.8 Å². The molecular weight excluding hydrogens is 596 g/mol. The maximum atomic E-state index is 13.9. The summed E-state index contributed by atoms with van der Waals surface area (Å²) in [4.78, 5) is 55.8. The van der Waals surface area contributed by atoms with Gasteiger partial charge in [0.2, 0.25) is 11.8 Å². The number of hydrogen-bond acceptors (Lipinski definition) is 7. The molecule has 1 aliphatic heterocycles. The molecule has 0 spiro atoms. The highest BCUT2D eigenvalue weighted by atomic mass is 35.5. The number of nitrogens with one attached hydrogen (secondary N) is 3. The van der Waals surface area contributed by atoms with Crippen molar-refractivity contribution in [3.63, 3.8) is 0 Å². The molecule has 3 aromatic rings. The Labute approximate surface area is 266 Å². The number of ether oxygens (including phenoxy) is 1. The van der Waals surface area contributed by atoms with Crippen LogP contribution >= 0.6 is 11.6 Å². The van der Waals surface area contributed by atoms with E-state index >= 15 is 0 Å². The van der Waals surface area contributed by atoms with Crippen LogP contribution in [0.1, 0.15) is 53.9 Å². The van der Waals surface area contributed by atoms with Gasteiger partial charge in [0.15, 0.2) is 0 Å². The van der Waals surface area contributed by atoms with E-state index in [1.807, 2.05) is 62.4 Å². The Bertz CT molecular complexity index is 1810. The number of carbonyl (C=O) groups is 2. The number of rotatable bonds is 10. The molecule has 45 heavy (non-hydrogen) atoms. The fourth-order valence-electron chi connectivity index (χ4n) is 5.90.